The zero-order chi connectivity index (χ0) is 37.6. The highest BCUT2D eigenvalue weighted by molar-refractivity contribution is 8.13. The number of hydrogen-bond donors (Lipinski definition) is 0. The van der Waals surface area contributed by atoms with E-state index < -0.39 is 9.05 Å². The molecule has 0 N–H and O–H groups in total. The predicted molar refractivity (Wildman–Crippen MR) is 230 cm³/mol. The van der Waals surface area contributed by atoms with Gasteiger partial charge >= 0.3 is 0 Å². The topological polar surface area (TPSA) is 40.6 Å². The number of halogens is 8. The van der Waals surface area contributed by atoms with Crippen molar-refractivity contribution in [2.75, 3.05) is 27.2 Å². The average Bonchev–Trinajstić information content (AvgIpc) is 3.12. The molecule has 2 aliphatic rings. The number of likely N-dealkylation sites (N-methyl/N-ethyl adjacent to an activating group) is 2. The van der Waals surface area contributed by atoms with Gasteiger partial charge in [-0.05, 0) is 102 Å². The van der Waals surface area contributed by atoms with Crippen molar-refractivity contribution in [3.63, 3.8) is 0 Å². The molecule has 5 aromatic carbocycles. The Morgan fingerprint density at radius 2 is 1.15 bits per heavy atom. The monoisotopic (exact) mass is 908 g/mol. The Labute approximate surface area is 357 Å². The van der Waals surface area contributed by atoms with Crippen LogP contribution in [0.4, 0.5) is 0 Å². The van der Waals surface area contributed by atoms with E-state index in [2.05, 4.69) is 99.2 Å². The molecule has 53 heavy (non-hydrogen) atoms. The minimum absolute atomic E-state index is 0. The molecule has 4 nitrogen and oxygen atoms in total. The third kappa shape index (κ3) is 11.6. The number of benzene rings is 5. The normalized spacial score (nSPS) is 16.8. The minimum Gasteiger partial charge on any atom is -0.301 e. The molecular weight excluding hydrogens is 876 g/mol. The van der Waals surface area contributed by atoms with E-state index >= 15 is 0 Å². The second-order valence-corrected chi connectivity index (χ2v) is 18.1. The van der Waals surface area contributed by atoms with Gasteiger partial charge < -0.3 is 9.80 Å². The van der Waals surface area contributed by atoms with Crippen molar-refractivity contribution in [2.45, 2.75) is 40.5 Å². The zero-order valence-corrected chi connectivity index (χ0v) is 36.3. The molecule has 0 fully saturated rings. The number of nitrogens with zero attached hydrogens (tertiary/aromatic N) is 2. The van der Waals surface area contributed by atoms with Crippen LogP contribution in [0.1, 0.15) is 50.8 Å². The van der Waals surface area contributed by atoms with Crippen LogP contribution in [0.15, 0.2) is 113 Å². The highest BCUT2D eigenvalue weighted by Crippen LogP contribution is 2.41. The molecule has 0 bridgehead atoms. The standard InChI is InChI=1S/C23H21Cl2NS.C16H14Cl3NO2S.Cl2.ClH/c1-26-13-21(20-11-18(24)12-23(25)22(20)14-26)17-8-5-9-19(10-17)27-15-16-6-3-2-4-7-16;1-20-8-14(10-3-2-4-12(5-10)23(19,21)22)13-6-11(17)7-16(18)15(13)9-20;1-2;/h2-12,21H,13-15H2,1H3;2-7,14H,8-9H2,1H3;;1H. The minimum atomic E-state index is -3.76. The molecule has 0 aromatic heterocycles. The van der Waals surface area contributed by atoms with E-state index in [0.717, 1.165) is 53.6 Å². The lowest BCUT2D eigenvalue weighted by atomic mass is 9.85. The molecule has 14 heteroatoms. The van der Waals surface area contributed by atoms with Gasteiger partial charge in [0.15, 0.2) is 0 Å². The third-order valence-electron chi connectivity index (χ3n) is 9.04. The van der Waals surface area contributed by atoms with Crippen LogP contribution in [-0.4, -0.2) is 45.4 Å². The van der Waals surface area contributed by atoms with Crippen LogP contribution in [0.5, 0.6) is 0 Å². The number of hydrogen-bond acceptors (Lipinski definition) is 5. The Balaban J connectivity index is 0.000000225. The van der Waals surface area contributed by atoms with Crippen LogP contribution in [0, 0.1) is 0 Å². The van der Waals surface area contributed by atoms with Crippen molar-refractivity contribution >= 4 is 112 Å². The summed E-state index contributed by atoms with van der Waals surface area (Å²) in [6.45, 7) is 3.31. The summed E-state index contributed by atoms with van der Waals surface area (Å²) in [6, 6.07) is 33.7. The maximum Gasteiger partial charge on any atom is 0.261 e. The summed E-state index contributed by atoms with van der Waals surface area (Å²) in [4.78, 5) is 5.87. The molecule has 2 atom stereocenters. The summed E-state index contributed by atoms with van der Waals surface area (Å²) in [6.07, 6.45) is 0. The molecule has 282 valence electrons. The molecule has 7 rings (SSSR count). The summed E-state index contributed by atoms with van der Waals surface area (Å²) < 4.78 is 23.2. The zero-order valence-electron chi connectivity index (χ0n) is 28.6. The fourth-order valence-corrected chi connectivity index (χ4v) is 9.57. The van der Waals surface area contributed by atoms with Gasteiger partial charge in [0.05, 0.1) is 4.90 Å². The Hall–Kier alpha value is -1.36. The number of thioether (sulfide) groups is 1. The van der Waals surface area contributed by atoms with Crippen molar-refractivity contribution in [1.29, 1.82) is 0 Å². The summed E-state index contributed by atoms with van der Waals surface area (Å²) in [5, 5.41) is 2.68. The first-order chi connectivity index (χ1) is 24.9. The van der Waals surface area contributed by atoms with E-state index in [1.165, 1.54) is 33.2 Å². The molecule has 0 saturated heterocycles. The van der Waals surface area contributed by atoms with Gasteiger partial charge in [-0.1, -0.05) is 101 Å². The molecule has 2 aliphatic heterocycles. The highest BCUT2D eigenvalue weighted by atomic mass is 36.5. The quantitative estimate of drug-likeness (QED) is 0.125. The van der Waals surface area contributed by atoms with E-state index in [4.69, 9.17) is 57.1 Å². The summed E-state index contributed by atoms with van der Waals surface area (Å²) in [5.74, 6) is 1.24. The van der Waals surface area contributed by atoms with E-state index in [1.807, 2.05) is 37.0 Å². The van der Waals surface area contributed by atoms with Crippen molar-refractivity contribution in [2.24, 2.45) is 0 Å². The van der Waals surface area contributed by atoms with Gasteiger partial charge in [0.1, 0.15) is 0 Å². The SMILES string of the molecule is CN1Cc2c(Cl)cc(Cl)cc2C(c2cccc(S(=O)(=O)Cl)c2)C1.CN1Cc2c(Cl)cc(Cl)cc2C(c2cccc(SCc3ccccc3)c2)C1.Cl.ClCl. The number of rotatable bonds is 6. The predicted octanol–water partition coefficient (Wildman–Crippen LogP) is 13.2. The number of fused-ring (bicyclic) bond motifs is 2. The van der Waals surface area contributed by atoms with E-state index in [1.54, 1.807) is 18.2 Å². The van der Waals surface area contributed by atoms with Crippen LogP contribution >= 0.6 is 103 Å². The fourth-order valence-electron chi connectivity index (χ4n) is 6.71. The maximum absolute atomic E-state index is 11.6. The lowest BCUT2D eigenvalue weighted by Gasteiger charge is -2.33. The Bertz CT molecular complexity index is 2120. The van der Waals surface area contributed by atoms with Gasteiger partial charge in [-0.2, -0.15) is 0 Å². The van der Waals surface area contributed by atoms with Gasteiger partial charge in [-0.3, -0.25) is 0 Å². The van der Waals surface area contributed by atoms with Crippen LogP contribution in [-0.2, 0) is 27.9 Å². The molecular formula is C39H36Cl8N2O2S2. The molecule has 0 saturated carbocycles. The summed E-state index contributed by atoms with van der Waals surface area (Å²) >= 11 is 27.2. The Morgan fingerprint density at radius 1 is 0.660 bits per heavy atom. The second kappa shape index (κ2) is 20.2. The molecule has 0 amide bonds. The van der Waals surface area contributed by atoms with Gasteiger partial charge in [0.25, 0.3) is 9.05 Å². The third-order valence-corrected chi connectivity index (χ3v) is 12.6. The Morgan fingerprint density at radius 3 is 1.66 bits per heavy atom. The van der Waals surface area contributed by atoms with Crippen molar-refractivity contribution in [1.82, 2.24) is 9.80 Å². The lowest BCUT2D eigenvalue weighted by molar-refractivity contribution is 0.295. The van der Waals surface area contributed by atoms with Crippen LogP contribution in [0.2, 0.25) is 20.1 Å². The molecule has 0 aliphatic carbocycles. The molecule has 0 spiro atoms. The molecule has 0 radical (unpaired) electrons. The van der Waals surface area contributed by atoms with Gasteiger partial charge in [0.2, 0.25) is 0 Å². The van der Waals surface area contributed by atoms with Crippen LogP contribution in [0.25, 0.3) is 0 Å². The summed E-state index contributed by atoms with van der Waals surface area (Å²) in [7, 11) is 14.1. The smallest absolute Gasteiger partial charge is 0.261 e. The van der Waals surface area contributed by atoms with Crippen molar-refractivity contribution in [3.05, 3.63) is 162 Å². The van der Waals surface area contributed by atoms with Gasteiger partial charge in [-0.15, -0.1) is 24.2 Å². The average molecular weight is 912 g/mol. The van der Waals surface area contributed by atoms with Crippen molar-refractivity contribution in [3.8, 4) is 0 Å². The summed E-state index contributed by atoms with van der Waals surface area (Å²) in [5.41, 5.74) is 8.04. The first-order valence-electron chi connectivity index (χ1n) is 16.1. The largest absolute Gasteiger partial charge is 0.301 e. The second-order valence-electron chi connectivity index (χ2n) is 12.8. The Kier molecular flexibility index (Phi) is 16.9. The highest BCUT2D eigenvalue weighted by Gasteiger charge is 2.29. The van der Waals surface area contributed by atoms with Gasteiger partial charge in [0, 0.05) is 101 Å². The van der Waals surface area contributed by atoms with Crippen LogP contribution in [0.3, 0.4) is 0 Å². The first-order valence-corrected chi connectivity index (χ1v) is 22.1. The molecule has 2 heterocycles. The van der Waals surface area contributed by atoms with E-state index in [-0.39, 0.29) is 29.1 Å². The maximum atomic E-state index is 11.6. The molecule has 2 unspecified atom stereocenters. The fraction of sp³-hybridized carbons (Fsp3) is 0.231. The molecule has 5 aromatic rings. The first kappa shape index (κ1) is 44.4. The van der Waals surface area contributed by atoms with Gasteiger partial charge in [-0.25, -0.2) is 8.42 Å². The van der Waals surface area contributed by atoms with Crippen LogP contribution < -0.4 is 0 Å². The van der Waals surface area contributed by atoms with E-state index in [9.17, 15) is 8.42 Å². The van der Waals surface area contributed by atoms with Crippen molar-refractivity contribution < 1.29 is 8.42 Å². The lowest BCUT2D eigenvalue weighted by Crippen LogP contribution is -2.31. The van der Waals surface area contributed by atoms with E-state index in [0.29, 0.717) is 15.1 Å².